The second kappa shape index (κ2) is 6.01. The Morgan fingerprint density at radius 2 is 2.22 bits per heavy atom. The lowest BCUT2D eigenvalue weighted by atomic mass is 10.0. The molecule has 5 nitrogen and oxygen atoms in total. The molecule has 0 radical (unpaired) electrons. The van der Waals surface area contributed by atoms with Crippen LogP contribution in [0.4, 0.5) is 10.1 Å². The fraction of sp³-hybridized carbons (Fsp3) is 0.364. The highest BCUT2D eigenvalue weighted by atomic mass is 79.9. The zero-order valence-electron chi connectivity index (χ0n) is 9.69. The molecule has 0 amide bonds. The highest BCUT2D eigenvalue weighted by molar-refractivity contribution is 9.10. The van der Waals surface area contributed by atoms with E-state index in [1.54, 1.807) is 6.92 Å². The largest absolute Gasteiger partial charge is 0.505 e. The molecule has 18 heavy (non-hydrogen) atoms. The third kappa shape index (κ3) is 2.91. The van der Waals surface area contributed by atoms with E-state index < -0.39 is 18.2 Å². The number of rotatable bonds is 4. The summed E-state index contributed by atoms with van der Waals surface area (Å²) in [5, 5.41) is 9.76. The van der Waals surface area contributed by atoms with Crippen LogP contribution in [-0.2, 0) is 9.53 Å². The molecular weight excluding hydrogens is 307 g/mol. The SMILES string of the molecule is CCOC(=O)C(F)[C@H](N)c1c(Br)ccc(N)c1O. The van der Waals surface area contributed by atoms with Crippen LogP contribution in [0.1, 0.15) is 18.5 Å². The predicted molar refractivity (Wildman–Crippen MR) is 68.7 cm³/mol. The summed E-state index contributed by atoms with van der Waals surface area (Å²) < 4.78 is 18.7. The summed E-state index contributed by atoms with van der Waals surface area (Å²) >= 11 is 3.12. The van der Waals surface area contributed by atoms with Crippen LogP contribution in [0.5, 0.6) is 5.75 Å². The number of phenolic OH excluding ortho intramolecular Hbond substituents is 1. The van der Waals surface area contributed by atoms with E-state index >= 15 is 0 Å². The number of ether oxygens (including phenoxy) is 1. The molecule has 1 unspecified atom stereocenters. The third-order valence-corrected chi connectivity index (χ3v) is 3.05. The number of carbonyl (C=O) groups excluding carboxylic acids is 1. The molecule has 0 fully saturated rings. The van der Waals surface area contributed by atoms with Gasteiger partial charge in [-0.15, -0.1) is 0 Å². The minimum absolute atomic E-state index is 0.0375. The van der Waals surface area contributed by atoms with E-state index in [4.69, 9.17) is 11.5 Å². The Kier molecular flexibility index (Phi) is 4.92. The molecule has 1 aromatic rings. The summed E-state index contributed by atoms with van der Waals surface area (Å²) in [6, 6.07) is 1.59. The number of nitrogens with two attached hydrogens (primary N) is 2. The second-order valence-electron chi connectivity index (χ2n) is 3.58. The number of carbonyl (C=O) groups is 1. The van der Waals surface area contributed by atoms with Gasteiger partial charge < -0.3 is 21.3 Å². The third-order valence-electron chi connectivity index (χ3n) is 2.36. The second-order valence-corrected chi connectivity index (χ2v) is 4.43. The van der Waals surface area contributed by atoms with E-state index in [1.165, 1.54) is 12.1 Å². The molecule has 0 heterocycles. The van der Waals surface area contributed by atoms with Gasteiger partial charge in [-0.05, 0) is 19.1 Å². The lowest BCUT2D eigenvalue weighted by molar-refractivity contribution is -0.149. The summed E-state index contributed by atoms with van der Waals surface area (Å²) in [5.41, 5.74) is 11.2. The van der Waals surface area contributed by atoms with Crippen molar-refractivity contribution in [3.05, 3.63) is 22.2 Å². The van der Waals surface area contributed by atoms with Gasteiger partial charge in [0.2, 0.25) is 6.17 Å². The van der Waals surface area contributed by atoms with E-state index in [9.17, 15) is 14.3 Å². The predicted octanol–water partition coefficient (Wildman–Crippen LogP) is 1.64. The van der Waals surface area contributed by atoms with Crippen molar-refractivity contribution in [1.29, 1.82) is 0 Å². The average Bonchev–Trinajstić information content (AvgIpc) is 2.33. The van der Waals surface area contributed by atoms with Crippen molar-refractivity contribution in [2.24, 2.45) is 5.73 Å². The van der Waals surface area contributed by atoms with Crippen molar-refractivity contribution in [3.63, 3.8) is 0 Å². The molecule has 1 rings (SSSR count). The minimum Gasteiger partial charge on any atom is -0.505 e. The molecule has 100 valence electrons. The van der Waals surface area contributed by atoms with Gasteiger partial charge in [-0.2, -0.15) is 0 Å². The molecule has 1 aromatic carbocycles. The summed E-state index contributed by atoms with van der Waals surface area (Å²) in [6.07, 6.45) is -2.08. The topological polar surface area (TPSA) is 98.6 Å². The van der Waals surface area contributed by atoms with Crippen molar-refractivity contribution in [3.8, 4) is 5.75 Å². The molecule has 0 spiro atoms. The number of esters is 1. The lowest BCUT2D eigenvalue weighted by Crippen LogP contribution is -2.32. The quantitative estimate of drug-likeness (QED) is 0.445. The standard InChI is InChI=1S/C11H14BrFN2O3/c1-2-18-11(17)8(13)9(15)7-5(12)3-4-6(14)10(7)16/h3-4,8-9,16H,2,14-15H2,1H3/t8?,9-/m1/s1. The number of anilines is 1. The Morgan fingerprint density at radius 3 is 2.78 bits per heavy atom. The summed E-state index contributed by atoms with van der Waals surface area (Å²) in [4.78, 5) is 11.3. The Labute approximate surface area is 112 Å². The number of aromatic hydroxyl groups is 1. The van der Waals surface area contributed by atoms with Crippen LogP contribution in [0.25, 0.3) is 0 Å². The van der Waals surface area contributed by atoms with Gasteiger partial charge in [0.15, 0.2) is 0 Å². The van der Waals surface area contributed by atoms with Crippen LogP contribution >= 0.6 is 15.9 Å². The lowest BCUT2D eigenvalue weighted by Gasteiger charge is -2.19. The first-order valence-corrected chi connectivity index (χ1v) is 6.02. The van der Waals surface area contributed by atoms with E-state index in [-0.39, 0.29) is 23.6 Å². The number of hydrogen-bond acceptors (Lipinski definition) is 5. The molecule has 0 saturated carbocycles. The van der Waals surface area contributed by atoms with Crippen molar-refractivity contribution >= 4 is 27.6 Å². The molecule has 0 aliphatic rings. The molecular formula is C11H14BrFN2O3. The number of phenols is 1. The van der Waals surface area contributed by atoms with Gasteiger partial charge in [-0.25, -0.2) is 9.18 Å². The molecule has 5 N–H and O–H groups in total. The monoisotopic (exact) mass is 320 g/mol. The first-order chi connectivity index (χ1) is 8.40. The Morgan fingerprint density at radius 1 is 1.61 bits per heavy atom. The Bertz CT molecular complexity index is 456. The van der Waals surface area contributed by atoms with Crippen LogP contribution < -0.4 is 11.5 Å². The normalized spacial score (nSPS) is 14.0. The minimum atomic E-state index is -2.08. The van der Waals surface area contributed by atoms with Gasteiger partial charge in [0, 0.05) is 10.0 Å². The van der Waals surface area contributed by atoms with Crippen LogP contribution in [0, 0.1) is 0 Å². The fourth-order valence-electron chi connectivity index (χ4n) is 1.43. The maximum atomic E-state index is 13.8. The average molecular weight is 321 g/mol. The first-order valence-electron chi connectivity index (χ1n) is 5.23. The summed E-state index contributed by atoms with van der Waals surface area (Å²) in [5.74, 6) is -1.41. The maximum Gasteiger partial charge on any atom is 0.342 e. The van der Waals surface area contributed by atoms with Gasteiger partial charge in [-0.3, -0.25) is 0 Å². The van der Waals surface area contributed by atoms with Crippen LogP contribution in [-0.4, -0.2) is 23.9 Å². The van der Waals surface area contributed by atoms with Gasteiger partial charge in [0.1, 0.15) is 5.75 Å². The maximum absolute atomic E-state index is 13.8. The van der Waals surface area contributed by atoms with Gasteiger partial charge in [0.05, 0.1) is 18.3 Å². The first kappa shape index (κ1) is 14.7. The number of alkyl halides is 1. The molecule has 0 bridgehead atoms. The van der Waals surface area contributed by atoms with Gasteiger partial charge in [-0.1, -0.05) is 15.9 Å². The Balaban J connectivity index is 3.07. The van der Waals surface area contributed by atoms with Crippen molar-refractivity contribution < 1.29 is 19.0 Å². The van der Waals surface area contributed by atoms with Gasteiger partial charge in [0.25, 0.3) is 0 Å². The summed E-state index contributed by atoms with van der Waals surface area (Å²) in [6.45, 7) is 1.61. The number of hydrogen-bond donors (Lipinski definition) is 3. The fourth-order valence-corrected chi connectivity index (χ4v) is 2.02. The van der Waals surface area contributed by atoms with Crippen LogP contribution in [0.2, 0.25) is 0 Å². The Hall–Kier alpha value is -1.34. The molecule has 0 saturated heterocycles. The van der Waals surface area contributed by atoms with Crippen molar-refractivity contribution in [2.45, 2.75) is 19.1 Å². The van der Waals surface area contributed by atoms with Crippen LogP contribution in [0.3, 0.4) is 0 Å². The van der Waals surface area contributed by atoms with E-state index in [0.29, 0.717) is 4.47 Å². The van der Waals surface area contributed by atoms with Crippen molar-refractivity contribution in [1.82, 2.24) is 0 Å². The molecule has 0 aromatic heterocycles. The zero-order chi connectivity index (χ0) is 13.9. The smallest absolute Gasteiger partial charge is 0.342 e. The molecule has 2 atom stereocenters. The number of benzene rings is 1. The van der Waals surface area contributed by atoms with Crippen LogP contribution in [0.15, 0.2) is 16.6 Å². The zero-order valence-corrected chi connectivity index (χ0v) is 11.3. The molecule has 0 aliphatic carbocycles. The molecule has 0 aliphatic heterocycles. The number of nitrogen functional groups attached to an aromatic ring is 1. The van der Waals surface area contributed by atoms with E-state index in [2.05, 4.69) is 20.7 Å². The van der Waals surface area contributed by atoms with Crippen molar-refractivity contribution in [2.75, 3.05) is 12.3 Å². The number of halogens is 2. The highest BCUT2D eigenvalue weighted by Gasteiger charge is 2.31. The highest BCUT2D eigenvalue weighted by Crippen LogP contribution is 2.37. The van der Waals surface area contributed by atoms with E-state index in [1.807, 2.05) is 0 Å². The van der Waals surface area contributed by atoms with Gasteiger partial charge >= 0.3 is 5.97 Å². The van der Waals surface area contributed by atoms with E-state index in [0.717, 1.165) is 0 Å². The molecule has 7 heteroatoms. The summed E-state index contributed by atoms with van der Waals surface area (Å²) in [7, 11) is 0.